The number of nitrogens with one attached hydrogen (secondary N) is 1. The van der Waals surface area contributed by atoms with Gasteiger partial charge in [0.1, 0.15) is 4.64 Å². The smallest absolute Gasteiger partial charge is 0.256 e. The highest BCUT2D eigenvalue weighted by atomic mass is 35.5. The molecule has 1 saturated heterocycles. The van der Waals surface area contributed by atoms with Crippen LogP contribution in [-0.4, -0.2) is 46.9 Å². The van der Waals surface area contributed by atoms with Gasteiger partial charge in [0, 0.05) is 43.9 Å². The van der Waals surface area contributed by atoms with E-state index >= 15 is 0 Å². The summed E-state index contributed by atoms with van der Waals surface area (Å²) in [6.45, 7) is 3.98. The lowest BCUT2D eigenvalue weighted by Crippen LogP contribution is -2.48. The monoisotopic (exact) mass is 347 g/mol. The molecule has 0 bridgehead atoms. The van der Waals surface area contributed by atoms with Gasteiger partial charge >= 0.3 is 0 Å². The molecule has 1 aromatic heterocycles. The number of piperazine rings is 1. The Kier molecular flexibility index (Phi) is 5.10. The maximum atomic E-state index is 12.5. The molecule has 2 heterocycles. The van der Waals surface area contributed by atoms with Crippen molar-refractivity contribution in [2.75, 3.05) is 26.2 Å². The summed E-state index contributed by atoms with van der Waals surface area (Å²) in [4.78, 5) is 19.6. The second kappa shape index (κ2) is 7.25. The molecule has 6 heteroatoms. The van der Waals surface area contributed by atoms with Crippen LogP contribution < -0.4 is 0 Å². The first-order chi connectivity index (χ1) is 11.1. The molecular weight excluding hydrogens is 330 g/mol. The van der Waals surface area contributed by atoms with Crippen molar-refractivity contribution in [3.8, 4) is 0 Å². The standard InChI is InChI=1S/C17H18ClN3OS/c18-14-4-1-3-13(11-14)12-20-7-9-21(10-8-20)17(22)15-5-2-6-19-16(15)23/h1-6,11H,7-10,12H2,(H,19,23). The molecule has 23 heavy (non-hydrogen) atoms. The Morgan fingerprint density at radius 2 is 1.96 bits per heavy atom. The van der Waals surface area contributed by atoms with Crippen molar-refractivity contribution in [3.05, 3.63) is 63.4 Å². The van der Waals surface area contributed by atoms with Crippen LogP contribution >= 0.6 is 23.8 Å². The van der Waals surface area contributed by atoms with Crippen molar-refractivity contribution in [3.63, 3.8) is 0 Å². The number of carbonyl (C=O) groups is 1. The predicted molar refractivity (Wildman–Crippen MR) is 94.3 cm³/mol. The molecule has 1 N–H and O–H groups in total. The van der Waals surface area contributed by atoms with Gasteiger partial charge in [-0.2, -0.15) is 0 Å². The van der Waals surface area contributed by atoms with Crippen LogP contribution in [0.3, 0.4) is 0 Å². The fourth-order valence-electron chi connectivity index (χ4n) is 2.76. The van der Waals surface area contributed by atoms with Crippen LogP contribution in [0.5, 0.6) is 0 Å². The Balaban J connectivity index is 1.59. The van der Waals surface area contributed by atoms with E-state index in [0.717, 1.165) is 24.7 Å². The van der Waals surface area contributed by atoms with Crippen LogP contribution in [-0.2, 0) is 6.54 Å². The number of hydrogen-bond acceptors (Lipinski definition) is 3. The van der Waals surface area contributed by atoms with Crippen LogP contribution in [0.2, 0.25) is 5.02 Å². The van der Waals surface area contributed by atoms with Crippen LogP contribution in [0.25, 0.3) is 0 Å². The van der Waals surface area contributed by atoms with Gasteiger partial charge in [-0.15, -0.1) is 0 Å². The third-order valence-corrected chi connectivity index (χ3v) is 4.58. The average Bonchev–Trinajstić information content (AvgIpc) is 2.55. The number of rotatable bonds is 3. The lowest BCUT2D eigenvalue weighted by atomic mass is 10.2. The summed E-state index contributed by atoms with van der Waals surface area (Å²) >= 11 is 11.2. The molecule has 0 saturated carbocycles. The van der Waals surface area contributed by atoms with Crippen molar-refractivity contribution >= 4 is 29.7 Å². The Hall–Kier alpha value is -1.69. The van der Waals surface area contributed by atoms with Crippen LogP contribution in [0.4, 0.5) is 0 Å². The number of nitrogens with zero attached hydrogens (tertiary/aromatic N) is 2. The van der Waals surface area contributed by atoms with Crippen molar-refractivity contribution in [1.29, 1.82) is 0 Å². The summed E-state index contributed by atoms with van der Waals surface area (Å²) in [6, 6.07) is 11.5. The third kappa shape index (κ3) is 3.99. The van der Waals surface area contributed by atoms with Gasteiger partial charge in [-0.3, -0.25) is 9.69 Å². The fourth-order valence-corrected chi connectivity index (χ4v) is 3.20. The highest BCUT2D eigenvalue weighted by molar-refractivity contribution is 7.71. The molecule has 1 aliphatic heterocycles. The van der Waals surface area contributed by atoms with E-state index in [1.54, 1.807) is 18.3 Å². The van der Waals surface area contributed by atoms with Gasteiger partial charge in [0.25, 0.3) is 5.91 Å². The molecule has 1 fully saturated rings. The first kappa shape index (κ1) is 16.2. The number of amides is 1. The zero-order valence-corrected chi connectivity index (χ0v) is 14.2. The number of benzene rings is 1. The summed E-state index contributed by atoms with van der Waals surface area (Å²) in [6.07, 6.45) is 1.74. The fraction of sp³-hybridized carbons (Fsp3) is 0.294. The summed E-state index contributed by atoms with van der Waals surface area (Å²) in [5, 5.41) is 0.759. The van der Waals surface area contributed by atoms with E-state index in [4.69, 9.17) is 23.8 Å². The van der Waals surface area contributed by atoms with Crippen LogP contribution in [0, 0.1) is 4.64 Å². The van der Waals surface area contributed by atoms with Crippen molar-refractivity contribution < 1.29 is 4.79 Å². The van der Waals surface area contributed by atoms with E-state index in [9.17, 15) is 4.79 Å². The number of carbonyl (C=O) groups excluding carboxylic acids is 1. The number of aromatic nitrogens is 1. The lowest BCUT2D eigenvalue weighted by molar-refractivity contribution is 0.0627. The maximum absolute atomic E-state index is 12.5. The molecule has 3 rings (SSSR count). The summed E-state index contributed by atoms with van der Waals surface area (Å²) < 4.78 is 0.499. The van der Waals surface area contributed by atoms with Gasteiger partial charge in [0.05, 0.1) is 5.56 Å². The Bertz CT molecular complexity index is 753. The number of halogens is 1. The molecule has 120 valence electrons. The largest absolute Gasteiger partial charge is 0.352 e. The molecule has 4 nitrogen and oxygen atoms in total. The molecule has 0 radical (unpaired) electrons. The molecule has 0 unspecified atom stereocenters. The van der Waals surface area contributed by atoms with Gasteiger partial charge in [-0.25, -0.2) is 0 Å². The minimum absolute atomic E-state index is 0.00857. The molecule has 0 spiro atoms. The number of hydrogen-bond donors (Lipinski definition) is 1. The Morgan fingerprint density at radius 3 is 2.65 bits per heavy atom. The number of aromatic amines is 1. The van der Waals surface area contributed by atoms with Gasteiger partial charge in [-0.1, -0.05) is 36.0 Å². The molecule has 1 amide bonds. The van der Waals surface area contributed by atoms with Crippen molar-refractivity contribution in [1.82, 2.24) is 14.8 Å². The average molecular weight is 348 g/mol. The number of pyridine rings is 1. The maximum Gasteiger partial charge on any atom is 0.256 e. The highest BCUT2D eigenvalue weighted by Crippen LogP contribution is 2.15. The van der Waals surface area contributed by atoms with Gasteiger partial charge in [0.2, 0.25) is 0 Å². The van der Waals surface area contributed by atoms with Crippen molar-refractivity contribution in [2.45, 2.75) is 6.54 Å². The third-order valence-electron chi connectivity index (χ3n) is 4.00. The predicted octanol–water partition coefficient (Wildman–Crippen LogP) is 3.36. The molecular formula is C17H18ClN3OS. The topological polar surface area (TPSA) is 39.3 Å². The van der Waals surface area contributed by atoms with E-state index in [0.29, 0.717) is 23.3 Å². The Morgan fingerprint density at radius 1 is 1.17 bits per heavy atom. The SMILES string of the molecule is O=C(c1ccc[nH]c1=S)N1CCN(Cc2cccc(Cl)c2)CC1. The van der Waals surface area contributed by atoms with E-state index < -0.39 is 0 Å². The molecule has 1 aromatic carbocycles. The quantitative estimate of drug-likeness (QED) is 0.865. The second-order valence-corrected chi connectivity index (χ2v) is 6.46. The minimum Gasteiger partial charge on any atom is -0.352 e. The normalized spacial score (nSPS) is 15.6. The highest BCUT2D eigenvalue weighted by Gasteiger charge is 2.22. The zero-order valence-electron chi connectivity index (χ0n) is 12.7. The van der Waals surface area contributed by atoms with E-state index in [-0.39, 0.29) is 5.91 Å². The molecule has 2 aromatic rings. The first-order valence-corrected chi connectivity index (χ1v) is 8.36. The molecule has 0 atom stereocenters. The Labute approximate surface area is 145 Å². The van der Waals surface area contributed by atoms with Gasteiger partial charge in [0.15, 0.2) is 0 Å². The first-order valence-electron chi connectivity index (χ1n) is 7.57. The van der Waals surface area contributed by atoms with E-state index in [1.807, 2.05) is 23.1 Å². The molecule has 1 aliphatic rings. The summed E-state index contributed by atoms with van der Waals surface area (Å²) in [7, 11) is 0. The van der Waals surface area contributed by atoms with Crippen molar-refractivity contribution in [2.24, 2.45) is 0 Å². The van der Waals surface area contributed by atoms with Crippen LogP contribution in [0.15, 0.2) is 42.6 Å². The second-order valence-electron chi connectivity index (χ2n) is 5.61. The summed E-state index contributed by atoms with van der Waals surface area (Å²) in [5.41, 5.74) is 1.77. The van der Waals surface area contributed by atoms with Crippen LogP contribution in [0.1, 0.15) is 15.9 Å². The van der Waals surface area contributed by atoms with E-state index in [2.05, 4.69) is 16.0 Å². The molecule has 0 aliphatic carbocycles. The lowest BCUT2D eigenvalue weighted by Gasteiger charge is -2.34. The van der Waals surface area contributed by atoms with Gasteiger partial charge < -0.3 is 9.88 Å². The van der Waals surface area contributed by atoms with Gasteiger partial charge in [-0.05, 0) is 29.8 Å². The minimum atomic E-state index is 0.00857. The van der Waals surface area contributed by atoms with E-state index in [1.165, 1.54) is 5.56 Å². The summed E-state index contributed by atoms with van der Waals surface area (Å²) in [5.74, 6) is 0.00857. The zero-order chi connectivity index (χ0) is 16.2. The number of H-pyrrole nitrogens is 1.